The Bertz CT molecular complexity index is 1410. The Morgan fingerprint density at radius 2 is 1.62 bits per heavy atom. The molecule has 1 aromatic heterocycles. The molecule has 1 N–H and O–H groups in total. The van der Waals surface area contributed by atoms with Gasteiger partial charge in [-0.2, -0.15) is 13.2 Å². The highest BCUT2D eigenvalue weighted by Gasteiger charge is 2.59. The molecular weight excluding hydrogens is 556 g/mol. The highest BCUT2D eigenvalue weighted by atomic mass is 35.5. The number of carbonyl (C=O) groups is 2. The lowest BCUT2D eigenvalue weighted by Crippen LogP contribution is -2.42. The lowest BCUT2D eigenvalue weighted by atomic mass is 9.91. The van der Waals surface area contributed by atoms with Crippen molar-refractivity contribution in [1.82, 2.24) is 15.4 Å². The van der Waals surface area contributed by atoms with Gasteiger partial charge in [0.2, 0.25) is 17.5 Å². The van der Waals surface area contributed by atoms with Crippen molar-refractivity contribution in [3.05, 3.63) is 92.2 Å². The van der Waals surface area contributed by atoms with Gasteiger partial charge in [0, 0.05) is 28.1 Å². The Labute approximate surface area is 223 Å². The van der Waals surface area contributed by atoms with Crippen LogP contribution >= 0.6 is 34.8 Å². The second-order valence-electron chi connectivity index (χ2n) is 8.04. The molecule has 0 saturated carbocycles. The van der Waals surface area contributed by atoms with Crippen molar-refractivity contribution in [1.29, 1.82) is 0 Å². The number of imide groups is 1. The summed E-state index contributed by atoms with van der Waals surface area (Å²) in [6, 6.07) is 7.82. The SMILES string of the molecule is CC(=O)N(C(=O)c1ccc(C2=CC(c3cc(Cl)cc(Cl)c3)(C(F)(F)F)ON2)cc1C)c1ncc(Cl)cn1. The Kier molecular flexibility index (Phi) is 7.22. The Balaban J connectivity index is 1.72. The van der Waals surface area contributed by atoms with Crippen LogP contribution in [0.25, 0.3) is 5.70 Å². The second-order valence-corrected chi connectivity index (χ2v) is 9.35. The molecule has 2 aromatic carbocycles. The zero-order valence-corrected chi connectivity index (χ0v) is 21.3. The fourth-order valence-corrected chi connectivity index (χ4v) is 4.36. The minimum atomic E-state index is -4.87. The third-order valence-electron chi connectivity index (χ3n) is 5.47. The molecular formula is C24H16Cl3F3N4O3. The van der Waals surface area contributed by atoms with Crippen LogP contribution in [0.2, 0.25) is 15.1 Å². The van der Waals surface area contributed by atoms with Crippen LogP contribution in [-0.4, -0.2) is 28.0 Å². The topological polar surface area (TPSA) is 84.4 Å². The molecule has 0 bridgehead atoms. The van der Waals surface area contributed by atoms with Crippen molar-refractivity contribution >= 4 is 58.3 Å². The molecule has 4 rings (SSSR count). The van der Waals surface area contributed by atoms with Crippen LogP contribution in [0.3, 0.4) is 0 Å². The van der Waals surface area contributed by atoms with Gasteiger partial charge in [0.25, 0.3) is 5.91 Å². The van der Waals surface area contributed by atoms with E-state index in [1.807, 2.05) is 0 Å². The molecule has 37 heavy (non-hydrogen) atoms. The molecule has 3 aromatic rings. The summed E-state index contributed by atoms with van der Waals surface area (Å²) >= 11 is 17.7. The van der Waals surface area contributed by atoms with E-state index in [1.165, 1.54) is 43.6 Å². The fraction of sp³-hybridized carbons (Fsp3) is 0.167. The first-order valence-electron chi connectivity index (χ1n) is 10.5. The summed E-state index contributed by atoms with van der Waals surface area (Å²) < 4.78 is 42.8. The number of hydrogen-bond acceptors (Lipinski definition) is 6. The first-order chi connectivity index (χ1) is 17.3. The molecule has 7 nitrogen and oxygen atoms in total. The van der Waals surface area contributed by atoms with E-state index in [9.17, 15) is 22.8 Å². The maximum atomic E-state index is 14.3. The zero-order valence-electron chi connectivity index (χ0n) is 19.0. The third-order valence-corrected chi connectivity index (χ3v) is 6.11. The molecule has 1 aliphatic rings. The van der Waals surface area contributed by atoms with Crippen molar-refractivity contribution in [2.45, 2.75) is 25.6 Å². The number of carbonyl (C=O) groups excluding carboxylic acids is 2. The molecule has 0 spiro atoms. The lowest BCUT2D eigenvalue weighted by molar-refractivity contribution is -0.269. The Hall–Kier alpha value is -3.18. The number of hydroxylamine groups is 1. The molecule has 0 radical (unpaired) electrons. The number of anilines is 1. The smallest absolute Gasteiger partial charge is 0.274 e. The Morgan fingerprint density at radius 3 is 2.16 bits per heavy atom. The lowest BCUT2D eigenvalue weighted by Gasteiger charge is -2.28. The van der Waals surface area contributed by atoms with Crippen LogP contribution in [0.5, 0.6) is 0 Å². The van der Waals surface area contributed by atoms with E-state index < -0.39 is 23.6 Å². The quantitative estimate of drug-likeness (QED) is 0.397. The summed E-state index contributed by atoms with van der Waals surface area (Å²) in [5, 5.41) is 0.236. The number of aryl methyl sites for hydroxylation is 1. The molecule has 0 saturated heterocycles. The number of rotatable bonds is 4. The highest BCUT2D eigenvalue weighted by molar-refractivity contribution is 6.34. The molecule has 13 heteroatoms. The van der Waals surface area contributed by atoms with E-state index in [4.69, 9.17) is 39.6 Å². The third kappa shape index (κ3) is 5.15. The van der Waals surface area contributed by atoms with Gasteiger partial charge < -0.3 is 0 Å². The maximum Gasteiger partial charge on any atom is 0.428 e. The van der Waals surface area contributed by atoms with Gasteiger partial charge in [0.05, 0.1) is 23.1 Å². The maximum absolute atomic E-state index is 14.3. The number of nitrogens with zero attached hydrogens (tertiary/aromatic N) is 3. The van der Waals surface area contributed by atoms with Crippen molar-refractivity contribution in [2.75, 3.05) is 4.90 Å². The van der Waals surface area contributed by atoms with Crippen molar-refractivity contribution in [3.63, 3.8) is 0 Å². The van der Waals surface area contributed by atoms with Crippen LogP contribution in [0.4, 0.5) is 19.1 Å². The van der Waals surface area contributed by atoms with Gasteiger partial charge in [-0.25, -0.2) is 14.9 Å². The van der Waals surface area contributed by atoms with Gasteiger partial charge in [-0.1, -0.05) is 40.9 Å². The average molecular weight is 572 g/mol. The fourth-order valence-electron chi connectivity index (χ4n) is 3.74. The normalized spacial score (nSPS) is 17.2. The first kappa shape index (κ1) is 26.9. The van der Waals surface area contributed by atoms with Crippen molar-refractivity contribution in [3.8, 4) is 0 Å². The Morgan fingerprint density at radius 1 is 1.00 bits per heavy atom. The second kappa shape index (κ2) is 9.94. The van der Waals surface area contributed by atoms with E-state index >= 15 is 0 Å². The first-order valence-corrected chi connectivity index (χ1v) is 11.6. The number of nitrogens with one attached hydrogen (secondary N) is 1. The van der Waals surface area contributed by atoms with Crippen LogP contribution in [-0.2, 0) is 15.2 Å². The van der Waals surface area contributed by atoms with Crippen LogP contribution in [0, 0.1) is 6.92 Å². The highest BCUT2D eigenvalue weighted by Crippen LogP contribution is 2.48. The number of amides is 2. The molecule has 1 atom stereocenters. The summed E-state index contributed by atoms with van der Waals surface area (Å²) in [5.74, 6) is -1.53. The van der Waals surface area contributed by atoms with Crippen LogP contribution in [0.15, 0.2) is 54.9 Å². The molecule has 1 unspecified atom stereocenters. The predicted octanol–water partition coefficient (Wildman–Crippen LogP) is 6.27. The molecule has 0 fully saturated rings. The monoisotopic (exact) mass is 570 g/mol. The summed E-state index contributed by atoms with van der Waals surface area (Å²) in [7, 11) is 0. The standard InChI is InChI=1S/C24H16Cl3F3N4O3/c1-12-5-14(3-4-19(12)21(36)34(13(2)35)22-31-10-18(27)11-32-22)20-9-23(37-33-20,24(28,29)30)15-6-16(25)8-17(26)7-15/h3-11,33H,1-2H3. The number of benzene rings is 2. The van der Waals surface area contributed by atoms with E-state index in [2.05, 4.69) is 15.4 Å². The predicted molar refractivity (Wildman–Crippen MR) is 132 cm³/mol. The number of alkyl halides is 3. The van der Waals surface area contributed by atoms with Gasteiger partial charge in [0.1, 0.15) is 0 Å². The summed E-state index contributed by atoms with van der Waals surface area (Å²) in [6.45, 7) is 2.74. The summed E-state index contributed by atoms with van der Waals surface area (Å²) in [4.78, 5) is 39.1. The van der Waals surface area contributed by atoms with Crippen molar-refractivity contribution < 1.29 is 27.6 Å². The molecule has 2 amide bonds. The van der Waals surface area contributed by atoms with E-state index in [0.29, 0.717) is 11.1 Å². The largest absolute Gasteiger partial charge is 0.428 e. The minimum absolute atomic E-state index is 0.0000180. The van der Waals surface area contributed by atoms with Gasteiger partial charge in [-0.3, -0.25) is 19.9 Å². The van der Waals surface area contributed by atoms with Crippen molar-refractivity contribution in [2.24, 2.45) is 0 Å². The van der Waals surface area contributed by atoms with Gasteiger partial charge >= 0.3 is 6.18 Å². The molecule has 192 valence electrons. The number of aromatic nitrogens is 2. The average Bonchev–Trinajstić information content (AvgIpc) is 3.27. The van der Waals surface area contributed by atoms with Gasteiger partial charge in [-0.15, -0.1) is 0 Å². The van der Waals surface area contributed by atoms with E-state index in [1.54, 1.807) is 6.92 Å². The van der Waals surface area contributed by atoms with Gasteiger partial charge in [-0.05, 0) is 54.5 Å². The number of hydrogen-bond donors (Lipinski definition) is 1. The van der Waals surface area contributed by atoms with E-state index in [0.717, 1.165) is 23.1 Å². The number of halogens is 6. The van der Waals surface area contributed by atoms with Gasteiger partial charge in [0.15, 0.2) is 0 Å². The zero-order chi connectivity index (χ0) is 27.1. The summed E-state index contributed by atoms with van der Waals surface area (Å²) in [6.07, 6.45) is -1.53. The molecule has 2 heterocycles. The molecule has 1 aliphatic heterocycles. The minimum Gasteiger partial charge on any atom is -0.274 e. The van der Waals surface area contributed by atoms with Crippen LogP contribution in [0.1, 0.15) is 34.0 Å². The molecule has 0 aliphatic carbocycles. The van der Waals surface area contributed by atoms with Crippen LogP contribution < -0.4 is 10.4 Å². The van der Waals surface area contributed by atoms with E-state index in [-0.39, 0.29) is 37.8 Å². The summed E-state index contributed by atoms with van der Waals surface area (Å²) in [5.41, 5.74) is -0.0677.